The molecule has 0 aliphatic rings. The summed E-state index contributed by atoms with van der Waals surface area (Å²) >= 11 is 0. The Morgan fingerprint density at radius 3 is 2.83 bits per heavy atom. The molecule has 0 fully saturated rings. The van der Waals surface area contributed by atoms with Gasteiger partial charge < -0.3 is 5.11 Å². The molecule has 0 amide bonds. The zero-order valence-corrected chi connectivity index (χ0v) is 10.7. The van der Waals surface area contributed by atoms with Crippen molar-refractivity contribution in [3.63, 3.8) is 0 Å². The van der Waals surface area contributed by atoms with E-state index in [9.17, 15) is 5.11 Å². The highest BCUT2D eigenvalue weighted by molar-refractivity contribution is 5.32. The van der Waals surface area contributed by atoms with E-state index in [1.807, 2.05) is 18.2 Å². The number of nitrogens with zero attached hydrogens (tertiary/aromatic N) is 3. The van der Waals surface area contributed by atoms with Crippen LogP contribution in [0.25, 0.3) is 5.82 Å². The zero-order chi connectivity index (χ0) is 12.8. The minimum atomic E-state index is 0.213. The van der Waals surface area contributed by atoms with Gasteiger partial charge in [0.05, 0.1) is 6.20 Å². The second-order valence-electron chi connectivity index (χ2n) is 4.40. The highest BCUT2D eigenvalue weighted by Crippen LogP contribution is 2.21. The standard InChI is InChI=1S/C14H19N3O/c1-2-3-4-5-8-12-11-16-17(14(12)18)13-9-6-7-10-15-13/h6-7,9-11,18H,2-5,8H2,1H3. The molecular weight excluding hydrogens is 226 g/mol. The molecule has 0 aliphatic heterocycles. The largest absolute Gasteiger partial charge is 0.493 e. The molecule has 4 nitrogen and oxygen atoms in total. The third-order valence-electron chi connectivity index (χ3n) is 2.98. The minimum Gasteiger partial charge on any atom is -0.493 e. The number of aromatic nitrogens is 3. The Labute approximate surface area is 107 Å². The van der Waals surface area contributed by atoms with Crippen LogP contribution in [0.3, 0.4) is 0 Å². The predicted octanol–water partition coefficient (Wildman–Crippen LogP) is 3.10. The lowest BCUT2D eigenvalue weighted by Gasteiger charge is -2.02. The Balaban J connectivity index is 2.05. The van der Waals surface area contributed by atoms with Gasteiger partial charge in [-0.25, -0.2) is 4.98 Å². The van der Waals surface area contributed by atoms with Crippen LogP contribution in [0.4, 0.5) is 0 Å². The zero-order valence-electron chi connectivity index (χ0n) is 10.7. The first-order chi connectivity index (χ1) is 8.83. The second kappa shape index (κ2) is 6.19. The third kappa shape index (κ3) is 2.88. The Morgan fingerprint density at radius 1 is 1.22 bits per heavy atom. The molecule has 96 valence electrons. The highest BCUT2D eigenvalue weighted by Gasteiger charge is 2.10. The first-order valence-electron chi connectivity index (χ1n) is 6.50. The van der Waals surface area contributed by atoms with E-state index in [4.69, 9.17) is 0 Å². The van der Waals surface area contributed by atoms with Crippen LogP contribution in [0.2, 0.25) is 0 Å². The molecule has 2 aromatic rings. The van der Waals surface area contributed by atoms with E-state index >= 15 is 0 Å². The van der Waals surface area contributed by atoms with Crippen LogP contribution in [0, 0.1) is 0 Å². The molecule has 0 unspecified atom stereocenters. The van der Waals surface area contributed by atoms with Crippen LogP contribution in [0.1, 0.15) is 38.2 Å². The summed E-state index contributed by atoms with van der Waals surface area (Å²) in [5.74, 6) is 0.861. The number of pyridine rings is 1. The van der Waals surface area contributed by atoms with Crippen molar-refractivity contribution in [2.24, 2.45) is 0 Å². The van der Waals surface area contributed by atoms with Crippen LogP contribution in [0.5, 0.6) is 5.88 Å². The van der Waals surface area contributed by atoms with E-state index in [0.717, 1.165) is 18.4 Å². The molecule has 0 radical (unpaired) electrons. The summed E-state index contributed by atoms with van der Waals surface area (Å²) in [6, 6.07) is 5.55. The van der Waals surface area contributed by atoms with Crippen molar-refractivity contribution in [3.05, 3.63) is 36.2 Å². The maximum Gasteiger partial charge on any atom is 0.218 e. The smallest absolute Gasteiger partial charge is 0.218 e. The van der Waals surface area contributed by atoms with E-state index in [2.05, 4.69) is 17.0 Å². The SMILES string of the molecule is CCCCCCc1cnn(-c2ccccn2)c1O. The third-order valence-corrected chi connectivity index (χ3v) is 2.98. The predicted molar refractivity (Wildman–Crippen MR) is 70.9 cm³/mol. The fourth-order valence-electron chi connectivity index (χ4n) is 1.94. The topological polar surface area (TPSA) is 50.9 Å². The average molecular weight is 245 g/mol. The lowest BCUT2D eigenvalue weighted by molar-refractivity contribution is 0.425. The van der Waals surface area contributed by atoms with Gasteiger partial charge in [-0.3, -0.25) is 0 Å². The molecule has 18 heavy (non-hydrogen) atoms. The lowest BCUT2D eigenvalue weighted by atomic mass is 10.1. The molecule has 0 aliphatic carbocycles. The van der Waals surface area contributed by atoms with E-state index < -0.39 is 0 Å². The summed E-state index contributed by atoms with van der Waals surface area (Å²) in [5.41, 5.74) is 0.900. The molecule has 0 saturated carbocycles. The molecule has 0 saturated heterocycles. The monoisotopic (exact) mass is 245 g/mol. The van der Waals surface area contributed by atoms with Gasteiger partial charge in [0.15, 0.2) is 5.82 Å². The maximum atomic E-state index is 10.1. The molecule has 0 atom stereocenters. The molecule has 0 bridgehead atoms. The van der Waals surface area contributed by atoms with Crippen LogP contribution in [0.15, 0.2) is 30.6 Å². The van der Waals surface area contributed by atoms with Crippen molar-refractivity contribution in [2.45, 2.75) is 39.0 Å². The molecule has 2 heterocycles. The van der Waals surface area contributed by atoms with Crippen molar-refractivity contribution in [2.75, 3.05) is 0 Å². The lowest BCUT2D eigenvalue weighted by Crippen LogP contribution is -1.98. The Bertz CT molecular complexity index is 479. The van der Waals surface area contributed by atoms with Crippen LogP contribution in [-0.2, 0) is 6.42 Å². The number of aromatic hydroxyl groups is 1. The van der Waals surface area contributed by atoms with E-state index in [0.29, 0.717) is 5.82 Å². The molecule has 0 spiro atoms. The highest BCUT2D eigenvalue weighted by atomic mass is 16.3. The van der Waals surface area contributed by atoms with Crippen LogP contribution >= 0.6 is 0 Å². The molecule has 4 heteroatoms. The van der Waals surface area contributed by atoms with Gasteiger partial charge >= 0.3 is 0 Å². The van der Waals surface area contributed by atoms with Gasteiger partial charge in [0.2, 0.25) is 5.88 Å². The van der Waals surface area contributed by atoms with Crippen molar-refractivity contribution in [3.8, 4) is 11.7 Å². The number of aryl methyl sites for hydroxylation is 1. The summed E-state index contributed by atoms with van der Waals surface area (Å²) in [6.45, 7) is 2.19. The first kappa shape index (κ1) is 12.6. The Hall–Kier alpha value is -1.84. The van der Waals surface area contributed by atoms with Gasteiger partial charge in [-0.1, -0.05) is 32.3 Å². The number of hydrogen-bond acceptors (Lipinski definition) is 3. The summed E-state index contributed by atoms with van der Waals surface area (Å²) < 4.78 is 1.48. The van der Waals surface area contributed by atoms with Crippen molar-refractivity contribution in [1.82, 2.24) is 14.8 Å². The van der Waals surface area contributed by atoms with E-state index in [1.54, 1.807) is 12.4 Å². The molecule has 0 aromatic carbocycles. The first-order valence-corrected chi connectivity index (χ1v) is 6.50. The van der Waals surface area contributed by atoms with Crippen LogP contribution in [-0.4, -0.2) is 19.9 Å². The summed E-state index contributed by atoms with van der Waals surface area (Å²) in [7, 11) is 0. The van der Waals surface area contributed by atoms with E-state index in [1.165, 1.54) is 23.9 Å². The second-order valence-corrected chi connectivity index (χ2v) is 4.40. The fourth-order valence-corrected chi connectivity index (χ4v) is 1.94. The van der Waals surface area contributed by atoms with Gasteiger partial charge in [0, 0.05) is 11.8 Å². The number of hydrogen-bond donors (Lipinski definition) is 1. The van der Waals surface area contributed by atoms with Crippen molar-refractivity contribution >= 4 is 0 Å². The molecule has 1 N–H and O–H groups in total. The fraction of sp³-hybridized carbons (Fsp3) is 0.429. The minimum absolute atomic E-state index is 0.213. The molecule has 2 rings (SSSR count). The van der Waals surface area contributed by atoms with Gasteiger partial charge in [0.25, 0.3) is 0 Å². The normalized spacial score (nSPS) is 10.7. The van der Waals surface area contributed by atoms with Gasteiger partial charge in [-0.15, -0.1) is 0 Å². The average Bonchev–Trinajstić information content (AvgIpc) is 2.77. The number of unbranched alkanes of at least 4 members (excludes halogenated alkanes) is 3. The van der Waals surface area contributed by atoms with Gasteiger partial charge in [-0.2, -0.15) is 9.78 Å². The van der Waals surface area contributed by atoms with Gasteiger partial charge in [-0.05, 0) is 25.0 Å². The molecular formula is C14H19N3O. The summed E-state index contributed by atoms with van der Waals surface area (Å²) in [5, 5.41) is 14.3. The van der Waals surface area contributed by atoms with Crippen molar-refractivity contribution < 1.29 is 5.11 Å². The summed E-state index contributed by atoms with van der Waals surface area (Å²) in [6.07, 6.45) is 9.06. The van der Waals surface area contributed by atoms with E-state index in [-0.39, 0.29) is 5.88 Å². The maximum absolute atomic E-state index is 10.1. The van der Waals surface area contributed by atoms with Gasteiger partial charge in [0.1, 0.15) is 0 Å². The van der Waals surface area contributed by atoms with Crippen LogP contribution < -0.4 is 0 Å². The quantitative estimate of drug-likeness (QED) is 0.796. The van der Waals surface area contributed by atoms with Crippen molar-refractivity contribution in [1.29, 1.82) is 0 Å². The Morgan fingerprint density at radius 2 is 2.11 bits per heavy atom. The summed E-state index contributed by atoms with van der Waals surface area (Å²) in [4.78, 5) is 4.17. The number of rotatable bonds is 6. The Kier molecular flexibility index (Phi) is 4.34. The molecule has 2 aromatic heterocycles.